The summed E-state index contributed by atoms with van der Waals surface area (Å²) in [5, 5.41) is 3.33. The van der Waals surface area contributed by atoms with Crippen LogP contribution >= 0.6 is 35.8 Å². The van der Waals surface area contributed by atoms with E-state index in [9.17, 15) is 9.18 Å². The average molecular weight is 367 g/mol. The van der Waals surface area contributed by atoms with Crippen LogP contribution in [0.4, 0.5) is 4.39 Å². The highest BCUT2D eigenvalue weighted by molar-refractivity contribution is 7.98. The van der Waals surface area contributed by atoms with Crippen LogP contribution in [0.1, 0.15) is 24.8 Å². The molecule has 0 aromatic heterocycles. The third-order valence-corrected chi connectivity index (χ3v) is 4.88. The van der Waals surface area contributed by atoms with Crippen molar-refractivity contribution in [1.82, 2.24) is 5.32 Å². The molecule has 1 unspecified atom stereocenters. The van der Waals surface area contributed by atoms with E-state index >= 15 is 0 Å². The van der Waals surface area contributed by atoms with E-state index in [0.717, 1.165) is 24.2 Å². The van der Waals surface area contributed by atoms with Crippen molar-refractivity contribution in [1.29, 1.82) is 0 Å². The predicted octanol–water partition coefficient (Wildman–Crippen LogP) is 3.13. The lowest BCUT2D eigenvalue weighted by molar-refractivity contribution is -0.122. The first-order valence-electron chi connectivity index (χ1n) is 6.96. The molecule has 0 radical (unpaired) electrons. The van der Waals surface area contributed by atoms with Crippen molar-refractivity contribution in [2.45, 2.75) is 30.7 Å². The Morgan fingerprint density at radius 2 is 2.23 bits per heavy atom. The molecule has 0 heterocycles. The van der Waals surface area contributed by atoms with E-state index in [2.05, 4.69) is 5.32 Å². The average Bonchev–Trinajstić information content (AvgIpc) is 3.23. The highest BCUT2D eigenvalue weighted by Crippen LogP contribution is 2.50. The topological polar surface area (TPSA) is 55.1 Å². The summed E-state index contributed by atoms with van der Waals surface area (Å²) in [5.74, 6) is 0.389. The van der Waals surface area contributed by atoms with Gasteiger partial charge in [-0.15, -0.1) is 12.4 Å². The Hall–Kier alpha value is -0.490. The van der Waals surface area contributed by atoms with Gasteiger partial charge in [-0.3, -0.25) is 4.79 Å². The monoisotopic (exact) mass is 366 g/mol. The van der Waals surface area contributed by atoms with Crippen LogP contribution in [-0.2, 0) is 10.2 Å². The van der Waals surface area contributed by atoms with E-state index in [0.29, 0.717) is 18.0 Å². The van der Waals surface area contributed by atoms with E-state index < -0.39 is 6.04 Å². The molecule has 0 bridgehead atoms. The van der Waals surface area contributed by atoms with Crippen molar-refractivity contribution >= 4 is 41.7 Å². The van der Waals surface area contributed by atoms with Crippen molar-refractivity contribution in [2.24, 2.45) is 5.73 Å². The molecule has 0 saturated heterocycles. The number of rotatable bonds is 7. The van der Waals surface area contributed by atoms with Gasteiger partial charge in [0.1, 0.15) is 5.82 Å². The van der Waals surface area contributed by atoms with Crippen LogP contribution in [0.2, 0.25) is 5.02 Å². The van der Waals surface area contributed by atoms with E-state index in [1.807, 2.05) is 6.26 Å². The molecule has 1 amide bonds. The minimum absolute atomic E-state index is 0. The molecule has 124 valence electrons. The number of thioether (sulfide) groups is 1. The number of nitrogens with one attached hydrogen (secondary N) is 1. The lowest BCUT2D eigenvalue weighted by atomic mass is 9.95. The summed E-state index contributed by atoms with van der Waals surface area (Å²) < 4.78 is 13.1. The highest BCUT2D eigenvalue weighted by Gasteiger charge is 2.45. The zero-order chi connectivity index (χ0) is 15.5. The summed E-state index contributed by atoms with van der Waals surface area (Å²) in [6, 6.07) is 3.97. The molecule has 1 fully saturated rings. The summed E-state index contributed by atoms with van der Waals surface area (Å²) in [5.41, 5.74) is 6.59. The quantitative estimate of drug-likeness (QED) is 0.779. The first-order valence-corrected chi connectivity index (χ1v) is 8.73. The van der Waals surface area contributed by atoms with Gasteiger partial charge in [-0.2, -0.15) is 11.8 Å². The van der Waals surface area contributed by atoms with Gasteiger partial charge in [0.05, 0.1) is 6.04 Å². The minimum atomic E-state index is -0.475. The molecule has 1 aromatic carbocycles. The van der Waals surface area contributed by atoms with Gasteiger partial charge in [0, 0.05) is 17.0 Å². The molecule has 3 N–H and O–H groups in total. The Labute approximate surface area is 146 Å². The predicted molar refractivity (Wildman–Crippen MR) is 93.6 cm³/mol. The highest BCUT2D eigenvalue weighted by atomic mass is 35.5. The Morgan fingerprint density at radius 3 is 2.77 bits per heavy atom. The maximum atomic E-state index is 13.1. The standard InChI is InChI=1S/C15H20ClFN2OS.ClH/c1-21-7-4-13(18)14(20)19-9-15(5-6-15)11-3-2-10(17)8-12(11)16;/h2-3,8,13H,4-7,9,18H2,1H3,(H,19,20);1H. The molecule has 1 aromatic rings. The van der Waals surface area contributed by atoms with Crippen LogP contribution in [0.5, 0.6) is 0 Å². The number of benzene rings is 1. The minimum Gasteiger partial charge on any atom is -0.354 e. The summed E-state index contributed by atoms with van der Waals surface area (Å²) in [6.45, 7) is 0.504. The van der Waals surface area contributed by atoms with Gasteiger partial charge in [0.25, 0.3) is 0 Å². The van der Waals surface area contributed by atoms with Crippen LogP contribution in [0.25, 0.3) is 0 Å². The van der Waals surface area contributed by atoms with Gasteiger partial charge in [-0.1, -0.05) is 17.7 Å². The molecule has 1 atom stereocenters. The molecule has 0 spiro atoms. The van der Waals surface area contributed by atoms with Gasteiger partial charge in [-0.25, -0.2) is 4.39 Å². The van der Waals surface area contributed by atoms with Crippen LogP contribution < -0.4 is 11.1 Å². The molecule has 1 saturated carbocycles. The van der Waals surface area contributed by atoms with E-state index in [1.165, 1.54) is 12.1 Å². The zero-order valence-electron chi connectivity index (χ0n) is 12.4. The Balaban J connectivity index is 0.00000242. The number of amides is 1. The van der Waals surface area contributed by atoms with Crippen molar-refractivity contribution in [2.75, 3.05) is 18.6 Å². The van der Waals surface area contributed by atoms with Crippen LogP contribution in [0.3, 0.4) is 0 Å². The third kappa shape index (κ3) is 4.75. The van der Waals surface area contributed by atoms with E-state index in [-0.39, 0.29) is 29.5 Å². The van der Waals surface area contributed by atoms with Gasteiger partial charge < -0.3 is 11.1 Å². The van der Waals surface area contributed by atoms with E-state index in [4.69, 9.17) is 17.3 Å². The molecular weight excluding hydrogens is 346 g/mol. The summed E-state index contributed by atoms with van der Waals surface area (Å²) in [6.07, 6.45) is 4.54. The van der Waals surface area contributed by atoms with Crippen molar-refractivity contribution in [3.05, 3.63) is 34.6 Å². The molecule has 1 aliphatic carbocycles. The second kappa shape index (κ2) is 8.39. The number of hydrogen-bond acceptors (Lipinski definition) is 3. The van der Waals surface area contributed by atoms with Crippen molar-refractivity contribution in [3.63, 3.8) is 0 Å². The summed E-state index contributed by atoms with van der Waals surface area (Å²) >= 11 is 7.79. The molecule has 0 aliphatic heterocycles. The molecular formula is C15H21Cl2FN2OS. The van der Waals surface area contributed by atoms with Crippen molar-refractivity contribution in [3.8, 4) is 0 Å². The molecule has 7 heteroatoms. The molecule has 1 aliphatic rings. The van der Waals surface area contributed by atoms with Crippen LogP contribution in [0, 0.1) is 5.82 Å². The maximum absolute atomic E-state index is 13.1. The second-order valence-electron chi connectivity index (χ2n) is 5.51. The van der Waals surface area contributed by atoms with Gasteiger partial charge in [0.2, 0.25) is 5.91 Å². The summed E-state index contributed by atoms with van der Waals surface area (Å²) in [7, 11) is 0. The lowest BCUT2D eigenvalue weighted by Gasteiger charge is -2.19. The lowest BCUT2D eigenvalue weighted by Crippen LogP contribution is -2.43. The normalized spacial score (nSPS) is 16.5. The number of nitrogens with two attached hydrogens (primary N) is 1. The largest absolute Gasteiger partial charge is 0.354 e. The van der Waals surface area contributed by atoms with Gasteiger partial charge >= 0.3 is 0 Å². The maximum Gasteiger partial charge on any atom is 0.236 e. The number of carbonyl (C=O) groups is 1. The first-order chi connectivity index (χ1) is 9.98. The Morgan fingerprint density at radius 1 is 1.55 bits per heavy atom. The Bertz CT molecular complexity index is 526. The summed E-state index contributed by atoms with van der Waals surface area (Å²) in [4.78, 5) is 12.0. The third-order valence-electron chi connectivity index (χ3n) is 3.93. The fourth-order valence-corrected chi connectivity index (χ4v) is 3.23. The first kappa shape index (κ1) is 19.6. The fourth-order valence-electron chi connectivity index (χ4n) is 2.38. The second-order valence-corrected chi connectivity index (χ2v) is 6.90. The Kier molecular flexibility index (Phi) is 7.46. The number of hydrogen-bond donors (Lipinski definition) is 2. The van der Waals surface area contributed by atoms with Crippen LogP contribution in [-0.4, -0.2) is 30.5 Å². The van der Waals surface area contributed by atoms with Gasteiger partial charge in [0.15, 0.2) is 0 Å². The molecule has 3 nitrogen and oxygen atoms in total. The van der Waals surface area contributed by atoms with Gasteiger partial charge in [-0.05, 0) is 49.0 Å². The molecule has 22 heavy (non-hydrogen) atoms. The van der Waals surface area contributed by atoms with Crippen molar-refractivity contribution < 1.29 is 9.18 Å². The van der Waals surface area contributed by atoms with Crippen LogP contribution in [0.15, 0.2) is 18.2 Å². The number of halogens is 3. The smallest absolute Gasteiger partial charge is 0.236 e. The van der Waals surface area contributed by atoms with E-state index in [1.54, 1.807) is 17.8 Å². The molecule has 2 rings (SSSR count). The SMILES string of the molecule is CSCCC(N)C(=O)NCC1(c2ccc(F)cc2Cl)CC1.Cl. The fraction of sp³-hybridized carbons (Fsp3) is 0.533. The number of carbonyl (C=O) groups excluding carboxylic acids is 1. The zero-order valence-corrected chi connectivity index (χ0v) is 14.8.